The number of rotatable bonds is 4. The van der Waals surface area contributed by atoms with Crippen molar-refractivity contribution in [2.24, 2.45) is 7.05 Å². The zero-order valence-electron chi connectivity index (χ0n) is 17.1. The number of aryl methyl sites for hydroxylation is 2. The van der Waals surface area contributed by atoms with Crippen LogP contribution in [-0.4, -0.2) is 47.0 Å². The predicted molar refractivity (Wildman–Crippen MR) is 109 cm³/mol. The molecule has 0 aliphatic rings. The molecular formula is C17H24N2O9S2. The zero-order chi connectivity index (χ0) is 23.6. The molecular weight excluding hydrogens is 440 g/mol. The summed E-state index contributed by atoms with van der Waals surface area (Å²) in [4.78, 5) is 23.0. The zero-order valence-corrected chi connectivity index (χ0v) is 18.7. The smallest absolute Gasteiger partial charge is 0.272 e. The summed E-state index contributed by atoms with van der Waals surface area (Å²) in [5.74, 6) is -1.21. The van der Waals surface area contributed by atoms with Crippen molar-refractivity contribution in [1.82, 2.24) is 9.13 Å². The van der Waals surface area contributed by atoms with Crippen molar-refractivity contribution >= 4 is 20.0 Å². The molecule has 3 N–H and O–H groups in total. The molecule has 2 aromatic rings. The molecule has 0 bridgehead atoms. The van der Waals surface area contributed by atoms with E-state index in [-0.39, 0.29) is 34.3 Å². The Morgan fingerprint density at radius 1 is 0.933 bits per heavy atom. The number of hydrogen-bond donors (Lipinski definition) is 3. The van der Waals surface area contributed by atoms with Gasteiger partial charge in [0, 0.05) is 37.5 Å². The standard InChI is InChI=1S/C9H13NO5S.C8H11NO4S/c1-3-10-8(11)4-6(2)7(9(10)12)5-16(13,14)15;1-5-4-6(10)9(2)8(11)7(5)14(3,12)13/h4,11H,3,5H2,1-2H3,(H,13,14,15);4,10H,1-3H3. The summed E-state index contributed by atoms with van der Waals surface area (Å²) in [5, 5.41) is 18.7. The summed E-state index contributed by atoms with van der Waals surface area (Å²) < 4.78 is 54.6. The maximum Gasteiger partial charge on any atom is 0.272 e. The monoisotopic (exact) mass is 464 g/mol. The van der Waals surface area contributed by atoms with E-state index in [1.807, 2.05) is 0 Å². The van der Waals surface area contributed by atoms with Gasteiger partial charge in [-0.3, -0.25) is 23.3 Å². The third-order valence-electron chi connectivity index (χ3n) is 4.16. The van der Waals surface area contributed by atoms with Crippen LogP contribution >= 0.6 is 0 Å². The first-order chi connectivity index (χ1) is 13.5. The van der Waals surface area contributed by atoms with E-state index in [9.17, 15) is 36.6 Å². The van der Waals surface area contributed by atoms with E-state index in [4.69, 9.17) is 4.55 Å². The molecule has 0 unspecified atom stereocenters. The van der Waals surface area contributed by atoms with E-state index in [2.05, 4.69) is 0 Å². The second kappa shape index (κ2) is 9.02. The third kappa shape index (κ3) is 5.93. The first kappa shape index (κ1) is 25.4. The molecule has 0 aromatic carbocycles. The Hall–Kier alpha value is -2.64. The fourth-order valence-electron chi connectivity index (χ4n) is 2.69. The molecule has 11 nitrogen and oxygen atoms in total. The summed E-state index contributed by atoms with van der Waals surface area (Å²) in [6.07, 6.45) is 0.966. The van der Waals surface area contributed by atoms with Crippen LogP contribution in [0.1, 0.15) is 23.6 Å². The van der Waals surface area contributed by atoms with Gasteiger partial charge in [-0.2, -0.15) is 8.42 Å². The Labute approximate surface area is 173 Å². The molecule has 0 amide bonds. The molecule has 168 valence electrons. The summed E-state index contributed by atoms with van der Waals surface area (Å²) in [6, 6.07) is 2.54. The second-order valence-corrected chi connectivity index (χ2v) is 10.00. The fourth-order valence-corrected chi connectivity index (χ4v) is 4.50. The summed E-state index contributed by atoms with van der Waals surface area (Å²) in [5.41, 5.74) is -0.734. The highest BCUT2D eigenvalue weighted by Crippen LogP contribution is 2.15. The molecule has 0 radical (unpaired) electrons. The molecule has 13 heteroatoms. The van der Waals surface area contributed by atoms with Crippen molar-refractivity contribution in [2.45, 2.75) is 38.0 Å². The van der Waals surface area contributed by atoms with Crippen LogP contribution in [0, 0.1) is 13.8 Å². The van der Waals surface area contributed by atoms with Crippen molar-refractivity contribution in [1.29, 1.82) is 0 Å². The molecule has 2 aromatic heterocycles. The van der Waals surface area contributed by atoms with E-state index >= 15 is 0 Å². The number of aromatic hydroxyl groups is 2. The lowest BCUT2D eigenvalue weighted by molar-refractivity contribution is 0.409. The maximum absolute atomic E-state index is 11.7. The van der Waals surface area contributed by atoms with Crippen LogP contribution in [0.25, 0.3) is 0 Å². The average Bonchev–Trinajstić information content (AvgIpc) is 2.55. The lowest BCUT2D eigenvalue weighted by Gasteiger charge is -2.10. The van der Waals surface area contributed by atoms with Gasteiger partial charge in [-0.25, -0.2) is 8.42 Å². The van der Waals surface area contributed by atoms with Crippen LogP contribution in [0.5, 0.6) is 11.8 Å². The minimum Gasteiger partial charge on any atom is -0.494 e. The summed E-state index contributed by atoms with van der Waals surface area (Å²) >= 11 is 0. The van der Waals surface area contributed by atoms with Crippen LogP contribution in [0.15, 0.2) is 26.6 Å². The van der Waals surface area contributed by atoms with Gasteiger partial charge >= 0.3 is 0 Å². The van der Waals surface area contributed by atoms with Crippen LogP contribution in [0.3, 0.4) is 0 Å². The van der Waals surface area contributed by atoms with Crippen LogP contribution in [0.4, 0.5) is 0 Å². The van der Waals surface area contributed by atoms with Crippen molar-refractivity contribution in [3.05, 3.63) is 49.5 Å². The summed E-state index contributed by atoms with van der Waals surface area (Å²) in [7, 11) is -6.49. The molecule has 0 fully saturated rings. The van der Waals surface area contributed by atoms with Crippen molar-refractivity contribution in [3.63, 3.8) is 0 Å². The molecule has 0 spiro atoms. The Bertz CT molecular complexity index is 1290. The average molecular weight is 465 g/mol. The molecule has 0 aliphatic heterocycles. The molecule has 30 heavy (non-hydrogen) atoms. The SMILES string of the molecule is CCn1c(O)cc(C)c(CS(=O)(=O)O)c1=O.Cc1cc(O)n(C)c(=O)c1S(C)(=O)=O. The predicted octanol–water partition coefficient (Wildman–Crippen LogP) is 0.0728. The Kier molecular flexibility index (Phi) is 7.63. The minimum atomic E-state index is -4.25. The molecule has 0 atom stereocenters. The molecule has 2 heterocycles. The first-order valence-electron chi connectivity index (χ1n) is 8.48. The Balaban J connectivity index is 0.000000303. The Morgan fingerprint density at radius 3 is 1.87 bits per heavy atom. The van der Waals surface area contributed by atoms with Crippen LogP contribution in [-0.2, 0) is 39.3 Å². The normalized spacial score (nSPS) is 11.7. The highest BCUT2D eigenvalue weighted by molar-refractivity contribution is 7.90. The van der Waals surface area contributed by atoms with Gasteiger partial charge < -0.3 is 10.2 Å². The van der Waals surface area contributed by atoms with E-state index in [0.29, 0.717) is 5.56 Å². The van der Waals surface area contributed by atoms with Crippen molar-refractivity contribution in [2.75, 3.05) is 6.26 Å². The van der Waals surface area contributed by atoms with Gasteiger partial charge in [-0.05, 0) is 31.9 Å². The highest BCUT2D eigenvalue weighted by atomic mass is 32.2. The summed E-state index contributed by atoms with van der Waals surface area (Å²) in [6.45, 7) is 4.84. The van der Waals surface area contributed by atoms with Gasteiger partial charge in [0.2, 0.25) is 0 Å². The number of pyridine rings is 2. The van der Waals surface area contributed by atoms with Crippen molar-refractivity contribution in [3.8, 4) is 11.8 Å². The molecule has 0 saturated carbocycles. The van der Waals surface area contributed by atoms with Gasteiger partial charge in [-0.1, -0.05) is 0 Å². The van der Waals surface area contributed by atoms with E-state index < -0.39 is 36.8 Å². The highest BCUT2D eigenvalue weighted by Gasteiger charge is 2.18. The number of nitrogens with zero attached hydrogens (tertiary/aromatic N) is 2. The number of hydrogen-bond acceptors (Lipinski definition) is 8. The van der Waals surface area contributed by atoms with E-state index in [1.165, 1.54) is 33.0 Å². The van der Waals surface area contributed by atoms with E-state index in [1.54, 1.807) is 6.92 Å². The quantitative estimate of drug-likeness (QED) is 0.529. The lowest BCUT2D eigenvalue weighted by atomic mass is 10.2. The van der Waals surface area contributed by atoms with E-state index in [0.717, 1.165) is 15.4 Å². The molecule has 0 aliphatic carbocycles. The third-order valence-corrected chi connectivity index (χ3v) is 6.05. The largest absolute Gasteiger partial charge is 0.494 e. The topological polar surface area (TPSA) is 173 Å². The fraction of sp³-hybridized carbons (Fsp3) is 0.412. The maximum atomic E-state index is 11.7. The molecule has 0 saturated heterocycles. The second-order valence-electron chi connectivity index (χ2n) is 6.59. The van der Waals surface area contributed by atoms with Gasteiger partial charge in [0.15, 0.2) is 21.6 Å². The number of aromatic nitrogens is 2. The van der Waals surface area contributed by atoms with Gasteiger partial charge in [0.1, 0.15) is 10.6 Å². The minimum absolute atomic E-state index is 0.0258. The van der Waals surface area contributed by atoms with Gasteiger partial charge in [0.25, 0.3) is 21.2 Å². The van der Waals surface area contributed by atoms with Gasteiger partial charge in [-0.15, -0.1) is 0 Å². The van der Waals surface area contributed by atoms with Crippen LogP contribution < -0.4 is 11.1 Å². The lowest BCUT2D eigenvalue weighted by Crippen LogP contribution is -2.25. The van der Waals surface area contributed by atoms with Gasteiger partial charge in [0.05, 0.1) is 0 Å². The Morgan fingerprint density at radius 2 is 1.43 bits per heavy atom. The molecule has 2 rings (SSSR count). The number of sulfone groups is 1. The van der Waals surface area contributed by atoms with Crippen molar-refractivity contribution < 1.29 is 31.6 Å². The van der Waals surface area contributed by atoms with Crippen LogP contribution in [0.2, 0.25) is 0 Å². The first-order valence-corrected chi connectivity index (χ1v) is 12.0.